The Hall–Kier alpha value is -3.73. The molecule has 4 rings (SSSR count). The molecule has 0 radical (unpaired) electrons. The summed E-state index contributed by atoms with van der Waals surface area (Å²) in [5, 5.41) is 5.95. The van der Waals surface area contributed by atoms with Crippen molar-refractivity contribution in [2.45, 2.75) is 6.36 Å². The van der Waals surface area contributed by atoms with E-state index in [0.29, 0.717) is 34.2 Å². The summed E-state index contributed by atoms with van der Waals surface area (Å²) in [7, 11) is 0. The summed E-state index contributed by atoms with van der Waals surface area (Å²) < 4.78 is 46.2. The third-order valence-electron chi connectivity index (χ3n) is 3.76. The van der Waals surface area contributed by atoms with Crippen molar-refractivity contribution in [1.82, 2.24) is 15.0 Å². The Morgan fingerprint density at radius 2 is 1.80 bits per heavy atom. The van der Waals surface area contributed by atoms with Gasteiger partial charge >= 0.3 is 6.36 Å². The van der Waals surface area contributed by atoms with Crippen molar-refractivity contribution in [1.29, 1.82) is 0 Å². The Labute approximate surface area is 172 Å². The molecule has 0 saturated carbocycles. The maximum Gasteiger partial charge on any atom is 0.573 e. The van der Waals surface area contributed by atoms with Crippen LogP contribution in [0.15, 0.2) is 65.3 Å². The van der Waals surface area contributed by atoms with Gasteiger partial charge in [-0.25, -0.2) is 9.97 Å². The van der Waals surface area contributed by atoms with Crippen LogP contribution in [0.3, 0.4) is 0 Å². The van der Waals surface area contributed by atoms with Gasteiger partial charge in [0.15, 0.2) is 16.3 Å². The zero-order valence-corrected chi connectivity index (χ0v) is 15.8. The summed E-state index contributed by atoms with van der Waals surface area (Å²) in [6.07, 6.45) is -1.56. The largest absolute Gasteiger partial charge is 0.573 e. The van der Waals surface area contributed by atoms with Crippen LogP contribution < -0.4 is 15.4 Å². The van der Waals surface area contributed by atoms with Crippen molar-refractivity contribution in [3.8, 4) is 17.2 Å². The van der Waals surface area contributed by atoms with Crippen LogP contribution in [0.4, 0.5) is 24.7 Å². The number of nitrogens with zero attached hydrogens (tertiary/aromatic N) is 3. The van der Waals surface area contributed by atoms with Crippen LogP contribution in [-0.4, -0.2) is 26.4 Å². The number of aromatic nitrogens is 3. The second kappa shape index (κ2) is 7.95. The molecule has 0 bridgehead atoms. The minimum Gasteiger partial charge on any atom is -0.434 e. The van der Waals surface area contributed by atoms with E-state index in [0.717, 1.165) is 0 Å². The second-order valence-electron chi connectivity index (χ2n) is 5.93. The molecule has 0 aliphatic heterocycles. The summed E-state index contributed by atoms with van der Waals surface area (Å²) >= 11 is 5.23. The van der Waals surface area contributed by atoms with Crippen LogP contribution in [0, 0.1) is 0 Å². The van der Waals surface area contributed by atoms with Gasteiger partial charge in [-0.05, 0) is 60.7 Å². The zero-order chi connectivity index (χ0) is 21.1. The fourth-order valence-electron chi connectivity index (χ4n) is 2.54. The molecule has 0 atom stereocenters. The van der Waals surface area contributed by atoms with Crippen molar-refractivity contribution >= 4 is 40.1 Å². The third-order valence-corrected chi connectivity index (χ3v) is 3.96. The lowest BCUT2D eigenvalue weighted by Crippen LogP contribution is -2.20. The number of hydrogen-bond acceptors (Lipinski definition) is 6. The van der Waals surface area contributed by atoms with Crippen LogP contribution in [0.1, 0.15) is 0 Å². The molecular formula is C19H12F3N5O2S. The van der Waals surface area contributed by atoms with E-state index in [1.165, 1.54) is 24.3 Å². The highest BCUT2D eigenvalue weighted by atomic mass is 32.1. The minimum atomic E-state index is -4.74. The summed E-state index contributed by atoms with van der Waals surface area (Å²) in [4.78, 5) is 12.6. The van der Waals surface area contributed by atoms with E-state index >= 15 is 0 Å². The molecule has 4 aromatic rings. The lowest BCUT2D eigenvalue weighted by molar-refractivity contribution is -0.274. The number of rotatable bonds is 4. The molecule has 0 aliphatic carbocycles. The predicted molar refractivity (Wildman–Crippen MR) is 108 cm³/mol. The minimum absolute atomic E-state index is 0.198. The van der Waals surface area contributed by atoms with Gasteiger partial charge in [-0.2, -0.15) is 4.98 Å². The maximum absolute atomic E-state index is 12.2. The van der Waals surface area contributed by atoms with Crippen LogP contribution in [0.5, 0.6) is 5.75 Å². The van der Waals surface area contributed by atoms with Crippen molar-refractivity contribution in [3.63, 3.8) is 0 Å². The molecule has 0 fully saturated rings. The zero-order valence-electron chi connectivity index (χ0n) is 15.0. The highest BCUT2D eigenvalue weighted by Gasteiger charge is 2.30. The van der Waals surface area contributed by atoms with Crippen molar-refractivity contribution in [2.75, 3.05) is 10.6 Å². The van der Waals surface area contributed by atoms with Crippen molar-refractivity contribution in [3.05, 3.63) is 60.9 Å². The highest BCUT2D eigenvalue weighted by molar-refractivity contribution is 7.80. The summed E-state index contributed by atoms with van der Waals surface area (Å²) in [5.41, 5.74) is 2.20. The number of fused-ring (bicyclic) bond motifs is 1. The number of hydrogen-bond donors (Lipinski definition) is 2. The van der Waals surface area contributed by atoms with Gasteiger partial charge in [-0.1, -0.05) is 0 Å². The highest BCUT2D eigenvalue weighted by Crippen LogP contribution is 2.25. The third kappa shape index (κ3) is 4.81. The van der Waals surface area contributed by atoms with Crippen molar-refractivity contribution < 1.29 is 22.3 Å². The molecule has 0 saturated heterocycles. The monoisotopic (exact) mass is 431 g/mol. The van der Waals surface area contributed by atoms with Crippen LogP contribution in [0.25, 0.3) is 22.7 Å². The number of halogens is 3. The molecule has 0 aliphatic rings. The molecule has 7 nitrogen and oxygen atoms in total. The lowest BCUT2D eigenvalue weighted by Gasteiger charge is -2.12. The van der Waals surface area contributed by atoms with E-state index in [9.17, 15) is 13.2 Å². The van der Waals surface area contributed by atoms with Gasteiger partial charge in [0, 0.05) is 23.6 Å². The predicted octanol–water partition coefficient (Wildman–Crippen LogP) is 4.99. The molecule has 2 N–H and O–H groups in total. The van der Waals surface area contributed by atoms with Crippen molar-refractivity contribution in [2.24, 2.45) is 0 Å². The topological polar surface area (TPSA) is 85.1 Å². The molecule has 3 aromatic heterocycles. The maximum atomic E-state index is 12.2. The van der Waals surface area contributed by atoms with Crippen LogP contribution in [-0.2, 0) is 0 Å². The number of alkyl halides is 3. The molecule has 11 heteroatoms. The first-order valence-corrected chi connectivity index (χ1v) is 8.88. The smallest absolute Gasteiger partial charge is 0.434 e. The average Bonchev–Trinajstić information content (AvgIpc) is 3.13. The number of ether oxygens (including phenoxy) is 1. The van der Waals surface area contributed by atoms with E-state index in [1.807, 2.05) is 0 Å². The van der Waals surface area contributed by atoms with Gasteiger partial charge in [0.05, 0.1) is 0 Å². The molecule has 0 amide bonds. The van der Waals surface area contributed by atoms with Gasteiger partial charge in [0.25, 0.3) is 0 Å². The molecule has 0 unspecified atom stereocenters. The summed E-state index contributed by atoms with van der Waals surface area (Å²) in [6, 6.07) is 12.1. The fourth-order valence-corrected chi connectivity index (χ4v) is 2.77. The van der Waals surface area contributed by atoms with Gasteiger partial charge in [-0.3, -0.25) is 0 Å². The Balaban J connectivity index is 1.43. The second-order valence-corrected chi connectivity index (χ2v) is 6.33. The molecular weight excluding hydrogens is 419 g/mol. The van der Waals surface area contributed by atoms with Gasteiger partial charge in [0.1, 0.15) is 11.6 Å². The quantitative estimate of drug-likeness (QED) is 0.437. The standard InChI is InChI=1S/C19H12F3N5O2S/c20-19(21,22)29-13-5-3-12(4-6-13)25-18(30)26-15-10-11(7-9-23-15)17-27-16-14(28-17)2-1-8-24-16/h1-10H,(H2,23,25,26,30). The Morgan fingerprint density at radius 3 is 2.53 bits per heavy atom. The lowest BCUT2D eigenvalue weighted by atomic mass is 10.2. The van der Waals surface area contributed by atoms with E-state index in [4.69, 9.17) is 16.6 Å². The first-order valence-electron chi connectivity index (χ1n) is 8.47. The molecule has 30 heavy (non-hydrogen) atoms. The summed E-state index contributed by atoms with van der Waals surface area (Å²) in [5.74, 6) is 0.486. The molecule has 3 heterocycles. The number of nitrogens with one attached hydrogen (secondary N) is 2. The van der Waals surface area contributed by atoms with E-state index in [-0.39, 0.29) is 10.9 Å². The van der Waals surface area contributed by atoms with Gasteiger partial charge in [-0.15, -0.1) is 13.2 Å². The van der Waals surface area contributed by atoms with Crippen LogP contribution in [0.2, 0.25) is 0 Å². The van der Waals surface area contributed by atoms with E-state index in [1.54, 1.807) is 36.7 Å². The van der Waals surface area contributed by atoms with E-state index < -0.39 is 6.36 Å². The first-order chi connectivity index (χ1) is 14.4. The number of thiocarbonyl (C=S) groups is 1. The average molecular weight is 431 g/mol. The Morgan fingerprint density at radius 1 is 1.00 bits per heavy atom. The fraction of sp³-hybridized carbons (Fsp3) is 0.0526. The van der Waals surface area contributed by atoms with Gasteiger partial charge < -0.3 is 19.8 Å². The molecule has 1 aromatic carbocycles. The summed E-state index contributed by atoms with van der Waals surface area (Å²) in [6.45, 7) is 0. The normalized spacial score (nSPS) is 11.3. The number of benzene rings is 1. The van der Waals surface area contributed by atoms with E-state index in [2.05, 4.69) is 30.3 Å². The van der Waals surface area contributed by atoms with Crippen LogP contribution >= 0.6 is 12.2 Å². The Kier molecular flexibility index (Phi) is 5.19. The number of pyridine rings is 2. The molecule has 0 spiro atoms. The first kappa shape index (κ1) is 19.6. The molecule has 152 valence electrons. The SMILES string of the molecule is FC(F)(F)Oc1ccc(NC(=S)Nc2cc(-c3nc4ncccc4o3)ccn2)cc1. The number of anilines is 2. The number of oxazole rings is 1. The van der Waals surface area contributed by atoms with Gasteiger partial charge in [0.2, 0.25) is 5.89 Å². The Bertz CT molecular complexity index is 1160.